The fourth-order valence-electron chi connectivity index (χ4n) is 2.07. The van der Waals surface area contributed by atoms with Gasteiger partial charge in [0, 0.05) is 14.6 Å². The number of hydrogen-bond donors (Lipinski definition) is 1. The van der Waals surface area contributed by atoms with Crippen molar-refractivity contribution in [2.45, 2.75) is 6.04 Å². The zero-order chi connectivity index (χ0) is 13.4. The van der Waals surface area contributed by atoms with Crippen molar-refractivity contribution in [3.05, 3.63) is 69.8 Å². The molecule has 0 saturated heterocycles. The van der Waals surface area contributed by atoms with Crippen molar-refractivity contribution in [2.24, 2.45) is 5.73 Å². The van der Waals surface area contributed by atoms with E-state index in [1.165, 1.54) is 12.1 Å². The fourth-order valence-corrected chi connectivity index (χ4v) is 3.39. The van der Waals surface area contributed by atoms with Gasteiger partial charge in [0.15, 0.2) is 0 Å². The molecule has 3 aromatic rings. The molecular formula is C15H11ClFNS. The Balaban J connectivity index is 2.07. The molecule has 0 radical (unpaired) electrons. The van der Waals surface area contributed by atoms with E-state index in [9.17, 15) is 4.39 Å². The second-order valence-electron chi connectivity index (χ2n) is 4.33. The van der Waals surface area contributed by atoms with Crippen molar-refractivity contribution in [3.8, 4) is 0 Å². The van der Waals surface area contributed by atoms with Crippen molar-refractivity contribution in [3.63, 3.8) is 0 Å². The van der Waals surface area contributed by atoms with Crippen molar-refractivity contribution >= 4 is 33.0 Å². The first kappa shape index (κ1) is 12.6. The largest absolute Gasteiger partial charge is 0.320 e. The molecule has 0 amide bonds. The van der Waals surface area contributed by atoms with Gasteiger partial charge in [0.25, 0.3) is 0 Å². The van der Waals surface area contributed by atoms with Gasteiger partial charge in [0.05, 0.1) is 6.04 Å². The molecule has 0 saturated carbocycles. The highest BCUT2D eigenvalue weighted by Crippen LogP contribution is 2.34. The summed E-state index contributed by atoms with van der Waals surface area (Å²) in [6, 6.07) is 13.9. The number of hydrogen-bond acceptors (Lipinski definition) is 2. The lowest BCUT2D eigenvalue weighted by Crippen LogP contribution is -2.10. The summed E-state index contributed by atoms with van der Waals surface area (Å²) in [5.74, 6) is -0.233. The average Bonchev–Trinajstić information content (AvgIpc) is 2.81. The van der Waals surface area contributed by atoms with E-state index >= 15 is 0 Å². The van der Waals surface area contributed by atoms with E-state index in [1.807, 2.05) is 30.3 Å². The van der Waals surface area contributed by atoms with E-state index in [2.05, 4.69) is 0 Å². The minimum atomic E-state index is -0.283. The van der Waals surface area contributed by atoms with Gasteiger partial charge < -0.3 is 5.73 Å². The van der Waals surface area contributed by atoms with Gasteiger partial charge in [0.1, 0.15) is 5.82 Å². The van der Waals surface area contributed by atoms with E-state index in [1.54, 1.807) is 17.4 Å². The highest BCUT2D eigenvalue weighted by Gasteiger charge is 2.15. The second kappa shape index (κ2) is 4.93. The molecule has 19 heavy (non-hydrogen) atoms. The van der Waals surface area contributed by atoms with Crippen molar-refractivity contribution in [1.82, 2.24) is 0 Å². The Bertz CT molecular complexity index is 738. The molecule has 0 aliphatic rings. The molecule has 4 heteroatoms. The van der Waals surface area contributed by atoms with Crippen LogP contribution in [0.4, 0.5) is 4.39 Å². The fraction of sp³-hybridized carbons (Fsp3) is 0.0667. The van der Waals surface area contributed by atoms with Crippen LogP contribution in [0.15, 0.2) is 48.5 Å². The Kier molecular flexibility index (Phi) is 3.27. The van der Waals surface area contributed by atoms with Crippen LogP contribution in [0, 0.1) is 5.82 Å². The predicted octanol–water partition coefficient (Wildman–Crippen LogP) is 4.74. The Morgan fingerprint density at radius 3 is 2.68 bits per heavy atom. The normalized spacial score (nSPS) is 12.8. The molecule has 1 atom stereocenters. The molecule has 1 aromatic heterocycles. The lowest BCUT2D eigenvalue weighted by atomic mass is 10.1. The standard InChI is InChI=1S/C15H11ClFNS/c16-12-4-2-1-3-11(12)15(18)14-8-9-7-10(17)5-6-13(9)19-14/h1-8,15H,18H2. The zero-order valence-electron chi connectivity index (χ0n) is 9.94. The molecule has 2 N–H and O–H groups in total. The Morgan fingerprint density at radius 2 is 1.89 bits per heavy atom. The number of fused-ring (bicyclic) bond motifs is 1. The summed E-state index contributed by atoms with van der Waals surface area (Å²) in [5, 5.41) is 1.53. The summed E-state index contributed by atoms with van der Waals surface area (Å²) in [6.07, 6.45) is 0. The van der Waals surface area contributed by atoms with Gasteiger partial charge >= 0.3 is 0 Å². The minimum absolute atomic E-state index is 0.233. The quantitative estimate of drug-likeness (QED) is 0.725. The number of halogens is 2. The first-order chi connectivity index (χ1) is 9.15. The van der Waals surface area contributed by atoms with Gasteiger partial charge in [-0.05, 0) is 41.3 Å². The van der Waals surface area contributed by atoms with Gasteiger partial charge in [-0.1, -0.05) is 29.8 Å². The predicted molar refractivity (Wildman–Crippen MR) is 79.3 cm³/mol. The van der Waals surface area contributed by atoms with Crippen LogP contribution >= 0.6 is 22.9 Å². The molecule has 3 rings (SSSR count). The van der Waals surface area contributed by atoms with E-state index in [4.69, 9.17) is 17.3 Å². The molecular weight excluding hydrogens is 281 g/mol. The molecule has 2 aromatic carbocycles. The summed E-state index contributed by atoms with van der Waals surface area (Å²) in [6.45, 7) is 0. The monoisotopic (exact) mass is 291 g/mol. The Hall–Kier alpha value is -1.42. The van der Waals surface area contributed by atoms with E-state index in [-0.39, 0.29) is 11.9 Å². The van der Waals surface area contributed by atoms with Gasteiger partial charge in [-0.25, -0.2) is 4.39 Å². The lowest BCUT2D eigenvalue weighted by molar-refractivity contribution is 0.630. The van der Waals surface area contributed by atoms with Crippen LogP contribution < -0.4 is 5.73 Å². The topological polar surface area (TPSA) is 26.0 Å². The summed E-state index contributed by atoms with van der Waals surface area (Å²) < 4.78 is 14.2. The molecule has 0 aliphatic carbocycles. The SMILES string of the molecule is NC(c1cc2cc(F)ccc2s1)c1ccccc1Cl. The maximum atomic E-state index is 13.2. The number of thiophene rings is 1. The van der Waals surface area contributed by atoms with E-state index in [0.717, 1.165) is 20.5 Å². The highest BCUT2D eigenvalue weighted by molar-refractivity contribution is 7.19. The Morgan fingerprint density at radius 1 is 1.11 bits per heavy atom. The average molecular weight is 292 g/mol. The third-order valence-corrected chi connectivity index (χ3v) is 4.59. The van der Waals surface area contributed by atoms with Crippen LogP contribution in [0.1, 0.15) is 16.5 Å². The van der Waals surface area contributed by atoms with Crippen LogP contribution in [0.5, 0.6) is 0 Å². The third kappa shape index (κ3) is 2.37. The first-order valence-corrected chi connectivity index (χ1v) is 7.03. The number of benzene rings is 2. The summed E-state index contributed by atoms with van der Waals surface area (Å²) in [7, 11) is 0. The number of rotatable bonds is 2. The van der Waals surface area contributed by atoms with E-state index < -0.39 is 0 Å². The molecule has 0 bridgehead atoms. The zero-order valence-corrected chi connectivity index (χ0v) is 11.5. The maximum absolute atomic E-state index is 13.2. The maximum Gasteiger partial charge on any atom is 0.123 e. The van der Waals surface area contributed by atoms with E-state index in [0.29, 0.717) is 5.02 Å². The number of nitrogens with two attached hydrogens (primary N) is 1. The molecule has 0 spiro atoms. The van der Waals surface area contributed by atoms with Crippen LogP contribution in [0.3, 0.4) is 0 Å². The van der Waals surface area contributed by atoms with Crippen molar-refractivity contribution < 1.29 is 4.39 Å². The van der Waals surface area contributed by atoms with Gasteiger partial charge in [-0.2, -0.15) is 0 Å². The lowest BCUT2D eigenvalue weighted by Gasteiger charge is -2.11. The summed E-state index contributed by atoms with van der Waals surface area (Å²) in [5.41, 5.74) is 7.14. The third-order valence-electron chi connectivity index (χ3n) is 3.04. The first-order valence-electron chi connectivity index (χ1n) is 5.84. The molecule has 0 aliphatic heterocycles. The van der Waals surface area contributed by atoms with Gasteiger partial charge in [-0.3, -0.25) is 0 Å². The van der Waals surface area contributed by atoms with Crippen LogP contribution in [0.25, 0.3) is 10.1 Å². The molecule has 1 nitrogen and oxygen atoms in total. The molecule has 1 unspecified atom stereocenters. The molecule has 0 fully saturated rings. The Labute approximate surface area is 119 Å². The van der Waals surface area contributed by atoms with Gasteiger partial charge in [-0.15, -0.1) is 11.3 Å². The molecule has 96 valence electrons. The van der Waals surface area contributed by atoms with Crippen molar-refractivity contribution in [2.75, 3.05) is 0 Å². The summed E-state index contributed by atoms with van der Waals surface area (Å²) in [4.78, 5) is 0.980. The smallest absolute Gasteiger partial charge is 0.123 e. The van der Waals surface area contributed by atoms with Crippen molar-refractivity contribution in [1.29, 1.82) is 0 Å². The second-order valence-corrected chi connectivity index (χ2v) is 5.85. The van der Waals surface area contributed by atoms with Crippen LogP contribution in [-0.2, 0) is 0 Å². The van der Waals surface area contributed by atoms with Crippen LogP contribution in [0.2, 0.25) is 5.02 Å². The van der Waals surface area contributed by atoms with Gasteiger partial charge in [0.2, 0.25) is 0 Å². The van der Waals surface area contributed by atoms with Crippen LogP contribution in [-0.4, -0.2) is 0 Å². The minimum Gasteiger partial charge on any atom is -0.320 e. The molecule has 1 heterocycles. The summed E-state index contributed by atoms with van der Waals surface area (Å²) >= 11 is 7.72. The highest BCUT2D eigenvalue weighted by atomic mass is 35.5.